The van der Waals surface area contributed by atoms with E-state index in [-0.39, 0.29) is 11.4 Å². The molecule has 3 rings (SSSR count). The van der Waals surface area contributed by atoms with Crippen molar-refractivity contribution < 1.29 is 9.59 Å². The Morgan fingerprint density at radius 3 is 2.82 bits per heavy atom. The first kappa shape index (κ1) is 13.8. The standard InChI is InChI=1S/C14H10BN5O2/c15-8-4-9-10(11(12(16)21)19-13(9)18-6-8)20-14(22)7-2-1-3-17-5-7/h1-6H,(H2,16,21)(H,18,19)(H,20,22). The fraction of sp³-hybridized carbons (Fsp3) is 0. The van der Waals surface area contributed by atoms with Gasteiger partial charge in [-0.05, 0) is 12.1 Å². The number of pyridine rings is 2. The number of aromatic amines is 1. The molecule has 0 unspecified atom stereocenters. The van der Waals surface area contributed by atoms with Gasteiger partial charge in [0.1, 0.15) is 19.2 Å². The van der Waals surface area contributed by atoms with Crippen LogP contribution in [0.15, 0.2) is 36.8 Å². The Hall–Kier alpha value is -3.16. The highest BCUT2D eigenvalue weighted by Gasteiger charge is 2.19. The SMILES string of the molecule is [B]c1cnc2[nH]c(C(N)=O)c(NC(=O)c3cccnc3)c2c1. The molecule has 0 aliphatic carbocycles. The molecule has 0 atom stereocenters. The Kier molecular flexibility index (Phi) is 3.34. The molecule has 0 aliphatic heterocycles. The van der Waals surface area contributed by atoms with Crippen molar-refractivity contribution in [2.75, 3.05) is 5.32 Å². The van der Waals surface area contributed by atoms with Crippen molar-refractivity contribution in [2.24, 2.45) is 5.73 Å². The molecular formula is C14H10BN5O2. The van der Waals surface area contributed by atoms with E-state index in [1.54, 1.807) is 24.4 Å². The van der Waals surface area contributed by atoms with Gasteiger partial charge in [-0.1, -0.05) is 11.5 Å². The molecule has 4 N–H and O–H groups in total. The monoisotopic (exact) mass is 291 g/mol. The lowest BCUT2D eigenvalue weighted by atomic mass is 9.97. The maximum Gasteiger partial charge on any atom is 0.267 e. The summed E-state index contributed by atoms with van der Waals surface area (Å²) in [5.74, 6) is -1.13. The molecule has 0 spiro atoms. The summed E-state index contributed by atoms with van der Waals surface area (Å²) in [4.78, 5) is 34.5. The van der Waals surface area contributed by atoms with Crippen LogP contribution in [0.2, 0.25) is 0 Å². The molecule has 22 heavy (non-hydrogen) atoms. The summed E-state index contributed by atoms with van der Waals surface area (Å²) in [7, 11) is 5.70. The molecule has 0 fully saturated rings. The Labute approximate surface area is 126 Å². The van der Waals surface area contributed by atoms with Crippen LogP contribution < -0.4 is 16.5 Å². The molecule has 2 amide bonds. The van der Waals surface area contributed by atoms with Gasteiger partial charge in [-0.25, -0.2) is 4.98 Å². The molecule has 2 radical (unpaired) electrons. The summed E-state index contributed by atoms with van der Waals surface area (Å²) >= 11 is 0. The van der Waals surface area contributed by atoms with Crippen molar-refractivity contribution >= 4 is 41.8 Å². The van der Waals surface area contributed by atoms with Crippen molar-refractivity contribution in [3.63, 3.8) is 0 Å². The van der Waals surface area contributed by atoms with E-state index in [2.05, 4.69) is 20.3 Å². The third-order valence-corrected chi connectivity index (χ3v) is 3.08. The van der Waals surface area contributed by atoms with Gasteiger partial charge in [-0.15, -0.1) is 0 Å². The first-order valence-corrected chi connectivity index (χ1v) is 6.34. The lowest BCUT2D eigenvalue weighted by molar-refractivity contribution is 0.0997. The highest BCUT2D eigenvalue weighted by molar-refractivity contribution is 6.33. The second kappa shape index (κ2) is 5.32. The van der Waals surface area contributed by atoms with Gasteiger partial charge in [0.15, 0.2) is 0 Å². The fourth-order valence-electron chi connectivity index (χ4n) is 2.08. The minimum Gasteiger partial charge on any atom is -0.364 e. The van der Waals surface area contributed by atoms with E-state index in [1.165, 1.54) is 12.4 Å². The molecule has 0 saturated carbocycles. The normalized spacial score (nSPS) is 10.5. The molecule has 3 aromatic heterocycles. The largest absolute Gasteiger partial charge is 0.364 e. The third kappa shape index (κ3) is 2.42. The van der Waals surface area contributed by atoms with Crippen LogP contribution in [0, 0.1) is 0 Å². The van der Waals surface area contributed by atoms with Crippen molar-refractivity contribution in [3.05, 3.63) is 48.0 Å². The maximum absolute atomic E-state index is 12.2. The van der Waals surface area contributed by atoms with Crippen LogP contribution in [0.4, 0.5) is 5.69 Å². The second-order valence-electron chi connectivity index (χ2n) is 4.60. The minimum absolute atomic E-state index is 0.0605. The van der Waals surface area contributed by atoms with Gasteiger partial charge >= 0.3 is 0 Å². The van der Waals surface area contributed by atoms with E-state index >= 15 is 0 Å². The number of carbonyl (C=O) groups excluding carboxylic acids is 2. The number of hydrogen-bond acceptors (Lipinski definition) is 4. The first-order valence-electron chi connectivity index (χ1n) is 6.34. The highest BCUT2D eigenvalue weighted by Crippen LogP contribution is 2.26. The Morgan fingerprint density at radius 1 is 1.32 bits per heavy atom. The van der Waals surface area contributed by atoms with Gasteiger partial charge in [0, 0.05) is 24.0 Å². The number of primary amides is 1. The van der Waals surface area contributed by atoms with Crippen LogP contribution in [0.5, 0.6) is 0 Å². The molecule has 106 valence electrons. The quantitative estimate of drug-likeness (QED) is 0.594. The molecule has 0 aliphatic rings. The summed E-state index contributed by atoms with van der Waals surface area (Å²) in [5, 5.41) is 3.16. The molecule has 7 nitrogen and oxygen atoms in total. The van der Waals surface area contributed by atoms with Gasteiger partial charge in [0.25, 0.3) is 11.8 Å². The van der Waals surface area contributed by atoms with Crippen molar-refractivity contribution in [1.82, 2.24) is 15.0 Å². The number of hydrogen-bond donors (Lipinski definition) is 3. The average Bonchev–Trinajstić information content (AvgIpc) is 2.86. The summed E-state index contributed by atoms with van der Waals surface area (Å²) in [6.07, 6.45) is 4.42. The van der Waals surface area contributed by atoms with Gasteiger partial charge in [0.2, 0.25) is 0 Å². The van der Waals surface area contributed by atoms with E-state index in [4.69, 9.17) is 13.6 Å². The van der Waals surface area contributed by atoms with Crippen molar-refractivity contribution in [1.29, 1.82) is 0 Å². The summed E-state index contributed by atoms with van der Waals surface area (Å²) < 4.78 is 0. The van der Waals surface area contributed by atoms with E-state index in [1.807, 2.05) is 0 Å². The number of nitrogens with one attached hydrogen (secondary N) is 2. The van der Waals surface area contributed by atoms with Crippen LogP contribution in [-0.2, 0) is 0 Å². The third-order valence-electron chi connectivity index (χ3n) is 3.08. The highest BCUT2D eigenvalue weighted by atomic mass is 16.2. The number of anilines is 1. The van der Waals surface area contributed by atoms with Gasteiger partial charge in [0.05, 0.1) is 11.3 Å². The van der Waals surface area contributed by atoms with Gasteiger partial charge in [-0.3, -0.25) is 14.6 Å². The minimum atomic E-state index is -0.710. The molecule has 8 heteroatoms. The average molecular weight is 291 g/mol. The zero-order valence-corrected chi connectivity index (χ0v) is 11.3. The number of amides is 2. The van der Waals surface area contributed by atoms with Gasteiger partial charge < -0.3 is 16.0 Å². The number of carbonyl (C=O) groups is 2. The van der Waals surface area contributed by atoms with Crippen LogP contribution in [-0.4, -0.2) is 34.6 Å². The zero-order chi connectivity index (χ0) is 15.7. The summed E-state index contributed by atoms with van der Waals surface area (Å²) in [5.41, 5.74) is 6.81. The molecule has 0 aromatic carbocycles. The topological polar surface area (TPSA) is 114 Å². The lowest BCUT2D eigenvalue weighted by Crippen LogP contribution is -2.18. The first-order chi connectivity index (χ1) is 10.6. The maximum atomic E-state index is 12.2. The van der Waals surface area contributed by atoms with Crippen LogP contribution in [0.25, 0.3) is 11.0 Å². The fourth-order valence-corrected chi connectivity index (χ4v) is 2.08. The molecule has 0 saturated heterocycles. The van der Waals surface area contributed by atoms with Crippen LogP contribution in [0.3, 0.4) is 0 Å². The van der Waals surface area contributed by atoms with E-state index in [0.29, 0.717) is 22.1 Å². The summed E-state index contributed by atoms with van der Waals surface area (Å²) in [6.45, 7) is 0. The number of fused-ring (bicyclic) bond motifs is 1. The van der Waals surface area contributed by atoms with E-state index in [9.17, 15) is 9.59 Å². The van der Waals surface area contributed by atoms with Crippen LogP contribution >= 0.6 is 0 Å². The number of aromatic nitrogens is 3. The molecule has 0 bridgehead atoms. The number of H-pyrrole nitrogens is 1. The van der Waals surface area contributed by atoms with E-state index in [0.717, 1.165) is 0 Å². The smallest absolute Gasteiger partial charge is 0.267 e. The lowest BCUT2D eigenvalue weighted by Gasteiger charge is -2.05. The Morgan fingerprint density at radius 2 is 2.14 bits per heavy atom. The van der Waals surface area contributed by atoms with Gasteiger partial charge in [-0.2, -0.15) is 0 Å². The molecule has 3 heterocycles. The number of rotatable bonds is 3. The van der Waals surface area contributed by atoms with Crippen LogP contribution in [0.1, 0.15) is 20.8 Å². The predicted octanol–water partition coefficient (Wildman–Crippen LogP) is 0.103. The predicted molar refractivity (Wildman–Crippen MR) is 82.2 cm³/mol. The Bertz CT molecular complexity index is 876. The van der Waals surface area contributed by atoms with Crippen molar-refractivity contribution in [3.8, 4) is 0 Å². The summed E-state index contributed by atoms with van der Waals surface area (Å²) in [6, 6.07) is 4.84. The second-order valence-corrected chi connectivity index (χ2v) is 4.60. The number of nitrogens with two attached hydrogens (primary N) is 1. The number of nitrogens with zero attached hydrogens (tertiary/aromatic N) is 2. The van der Waals surface area contributed by atoms with E-state index < -0.39 is 11.8 Å². The zero-order valence-electron chi connectivity index (χ0n) is 11.3. The molecular weight excluding hydrogens is 281 g/mol. The Balaban J connectivity index is 2.09. The van der Waals surface area contributed by atoms with Crippen molar-refractivity contribution in [2.45, 2.75) is 0 Å². The molecule has 3 aromatic rings.